The summed E-state index contributed by atoms with van der Waals surface area (Å²) < 4.78 is 7.16. The molecule has 1 N–H and O–H groups in total. The third-order valence-electron chi connectivity index (χ3n) is 7.24. The number of amides is 1. The second-order valence-corrected chi connectivity index (χ2v) is 13.1. The largest absolute Gasteiger partial charge is 0.465 e. The minimum absolute atomic E-state index is 0.162. The van der Waals surface area contributed by atoms with Crippen molar-refractivity contribution in [3.63, 3.8) is 0 Å². The molecule has 0 fully saturated rings. The molecule has 1 aromatic carbocycles. The Labute approximate surface area is 247 Å². The van der Waals surface area contributed by atoms with Crippen molar-refractivity contribution in [1.82, 2.24) is 14.8 Å². The van der Waals surface area contributed by atoms with E-state index < -0.39 is 0 Å². The van der Waals surface area contributed by atoms with Crippen LogP contribution in [0.5, 0.6) is 0 Å². The number of fused-ring (bicyclic) bond motifs is 1. The topological polar surface area (TPSA) is 86.1 Å². The van der Waals surface area contributed by atoms with E-state index in [-0.39, 0.29) is 17.6 Å². The van der Waals surface area contributed by atoms with E-state index >= 15 is 0 Å². The summed E-state index contributed by atoms with van der Waals surface area (Å²) >= 11 is 4.57. The van der Waals surface area contributed by atoms with Gasteiger partial charge in [0.2, 0.25) is 5.91 Å². The molecule has 0 unspecified atom stereocenters. The zero-order chi connectivity index (χ0) is 28.2. The summed E-state index contributed by atoms with van der Waals surface area (Å²) in [6, 6.07) is 8.54. The molecule has 0 bridgehead atoms. The summed E-state index contributed by atoms with van der Waals surface area (Å²) in [7, 11) is 1.39. The lowest BCUT2D eigenvalue weighted by molar-refractivity contribution is -0.113. The van der Waals surface area contributed by atoms with Gasteiger partial charge in [-0.3, -0.25) is 4.79 Å². The normalized spacial score (nSPS) is 13.4. The number of methoxy groups -OCH3 is 1. The van der Waals surface area contributed by atoms with Crippen LogP contribution in [0.1, 0.15) is 63.8 Å². The molecular weight excluding hydrogens is 561 g/mol. The number of anilines is 1. The van der Waals surface area contributed by atoms with Gasteiger partial charge in [-0.05, 0) is 57.6 Å². The predicted molar refractivity (Wildman–Crippen MR) is 165 cm³/mol. The zero-order valence-corrected chi connectivity index (χ0v) is 25.8. The molecule has 40 heavy (non-hydrogen) atoms. The number of aryl methyl sites for hydroxylation is 3. The van der Waals surface area contributed by atoms with Crippen molar-refractivity contribution >= 4 is 51.3 Å². The Hall–Kier alpha value is -2.95. The van der Waals surface area contributed by atoms with Gasteiger partial charge in [-0.25, -0.2) is 4.79 Å². The lowest BCUT2D eigenvalue weighted by Crippen LogP contribution is -2.17. The standard InChI is InChI=1S/C30H34N4O3S3/c1-5-34-27(22-16-38-19(3)25(22)20-14-12-18(2)13-15-20)32-33-30(34)39-17-24(35)31-28-26(29(36)37-4)21-10-8-6-7-9-11-23(21)40-28/h12-16H,5-11,17H2,1-4H3,(H,31,35). The summed E-state index contributed by atoms with van der Waals surface area (Å²) in [5, 5.41) is 15.5. The van der Waals surface area contributed by atoms with E-state index in [0.717, 1.165) is 54.6 Å². The Morgan fingerprint density at radius 3 is 2.55 bits per heavy atom. The van der Waals surface area contributed by atoms with Gasteiger partial charge >= 0.3 is 5.97 Å². The number of carbonyl (C=O) groups is 2. The van der Waals surface area contributed by atoms with Gasteiger partial charge in [0.1, 0.15) is 5.00 Å². The fourth-order valence-corrected chi connectivity index (χ4v) is 8.16. The second kappa shape index (κ2) is 12.7. The van der Waals surface area contributed by atoms with Crippen molar-refractivity contribution in [2.24, 2.45) is 0 Å². The lowest BCUT2D eigenvalue weighted by Gasteiger charge is -2.11. The number of hydrogen-bond donors (Lipinski definition) is 1. The van der Waals surface area contributed by atoms with Gasteiger partial charge in [0, 0.05) is 32.8 Å². The maximum absolute atomic E-state index is 13.1. The average Bonchev–Trinajstić information content (AvgIpc) is 3.62. The highest BCUT2D eigenvalue weighted by Gasteiger charge is 2.26. The molecule has 5 rings (SSSR count). The highest BCUT2D eigenvalue weighted by Crippen LogP contribution is 2.40. The van der Waals surface area contributed by atoms with E-state index in [4.69, 9.17) is 4.74 Å². The first-order valence-corrected chi connectivity index (χ1v) is 16.3. The Bertz CT molecular complexity index is 1520. The Balaban J connectivity index is 1.35. The van der Waals surface area contributed by atoms with Gasteiger partial charge in [-0.15, -0.1) is 32.9 Å². The van der Waals surface area contributed by atoms with E-state index in [1.54, 1.807) is 11.3 Å². The molecule has 210 valence electrons. The number of thioether (sulfide) groups is 1. The summed E-state index contributed by atoms with van der Waals surface area (Å²) in [5.41, 5.74) is 6.17. The maximum Gasteiger partial charge on any atom is 0.341 e. The molecule has 0 saturated carbocycles. The number of nitrogens with zero attached hydrogens (tertiary/aromatic N) is 3. The van der Waals surface area contributed by atoms with E-state index in [2.05, 4.69) is 70.5 Å². The monoisotopic (exact) mass is 594 g/mol. The minimum Gasteiger partial charge on any atom is -0.465 e. The van der Waals surface area contributed by atoms with E-state index in [9.17, 15) is 9.59 Å². The Morgan fingerprint density at radius 1 is 1.07 bits per heavy atom. The molecule has 0 radical (unpaired) electrons. The molecule has 3 aromatic heterocycles. The van der Waals surface area contributed by atoms with Crippen LogP contribution in [0.25, 0.3) is 22.5 Å². The van der Waals surface area contributed by atoms with Crippen LogP contribution in [0.15, 0.2) is 34.8 Å². The van der Waals surface area contributed by atoms with Gasteiger partial charge < -0.3 is 14.6 Å². The molecule has 4 aromatic rings. The first-order chi connectivity index (χ1) is 19.4. The number of ether oxygens (including phenoxy) is 1. The molecule has 1 amide bonds. The first-order valence-electron chi connectivity index (χ1n) is 13.6. The summed E-state index contributed by atoms with van der Waals surface area (Å²) in [6.07, 6.45) is 6.27. The third-order valence-corrected chi connectivity index (χ3v) is 10.3. The van der Waals surface area contributed by atoms with Gasteiger partial charge in [0.05, 0.1) is 18.4 Å². The second-order valence-electron chi connectivity index (χ2n) is 9.95. The molecule has 0 atom stereocenters. The molecule has 1 aliphatic rings. The van der Waals surface area contributed by atoms with Crippen molar-refractivity contribution in [1.29, 1.82) is 0 Å². The van der Waals surface area contributed by atoms with Gasteiger partial charge in [-0.2, -0.15) is 0 Å². The summed E-state index contributed by atoms with van der Waals surface area (Å²) in [5.74, 6) is 0.404. The number of nitrogens with one attached hydrogen (secondary N) is 1. The zero-order valence-electron chi connectivity index (χ0n) is 23.3. The molecule has 3 heterocycles. The molecule has 0 aliphatic heterocycles. The molecule has 1 aliphatic carbocycles. The fraction of sp³-hybridized carbons (Fsp3) is 0.400. The van der Waals surface area contributed by atoms with Crippen molar-refractivity contribution in [2.75, 3.05) is 18.2 Å². The smallest absolute Gasteiger partial charge is 0.341 e. The van der Waals surface area contributed by atoms with E-state index in [1.165, 1.54) is 57.5 Å². The Morgan fingerprint density at radius 2 is 1.82 bits per heavy atom. The quantitative estimate of drug-likeness (QED) is 0.167. The van der Waals surface area contributed by atoms with Crippen LogP contribution in [-0.2, 0) is 28.9 Å². The van der Waals surface area contributed by atoms with Gasteiger partial charge in [0.25, 0.3) is 0 Å². The molecule has 0 spiro atoms. The number of thiophene rings is 2. The van der Waals surface area contributed by atoms with Crippen LogP contribution < -0.4 is 5.32 Å². The Kier molecular flexibility index (Phi) is 9.07. The van der Waals surface area contributed by atoms with Crippen LogP contribution >= 0.6 is 34.4 Å². The van der Waals surface area contributed by atoms with Crippen molar-refractivity contribution in [2.45, 2.75) is 71.0 Å². The predicted octanol–water partition coefficient (Wildman–Crippen LogP) is 7.55. The molecule has 7 nitrogen and oxygen atoms in total. The number of rotatable bonds is 8. The van der Waals surface area contributed by atoms with E-state index in [0.29, 0.717) is 22.3 Å². The van der Waals surface area contributed by atoms with Gasteiger partial charge in [-0.1, -0.05) is 54.4 Å². The average molecular weight is 595 g/mol. The van der Waals surface area contributed by atoms with Crippen molar-refractivity contribution in [3.05, 3.63) is 56.1 Å². The third kappa shape index (κ3) is 5.89. The van der Waals surface area contributed by atoms with Crippen LogP contribution in [-0.4, -0.2) is 39.5 Å². The SMILES string of the molecule is CCn1c(SCC(=O)Nc2sc3c(c2C(=O)OC)CCCCCC3)nnc1-c1csc(C)c1-c1ccc(C)cc1. The van der Waals surface area contributed by atoms with Gasteiger partial charge in [0.15, 0.2) is 11.0 Å². The van der Waals surface area contributed by atoms with Crippen LogP contribution in [0, 0.1) is 13.8 Å². The fourth-order valence-electron chi connectivity index (χ4n) is 5.20. The minimum atomic E-state index is -0.383. The first kappa shape index (κ1) is 28.6. The van der Waals surface area contributed by atoms with Crippen LogP contribution in [0.4, 0.5) is 5.00 Å². The highest BCUT2D eigenvalue weighted by atomic mass is 32.2. The summed E-state index contributed by atoms with van der Waals surface area (Å²) in [6.45, 7) is 6.96. The lowest BCUT2D eigenvalue weighted by atomic mass is 9.96. The van der Waals surface area contributed by atoms with Crippen LogP contribution in [0.3, 0.4) is 0 Å². The number of carbonyl (C=O) groups excluding carboxylic acids is 2. The number of esters is 1. The highest BCUT2D eigenvalue weighted by molar-refractivity contribution is 7.99. The summed E-state index contributed by atoms with van der Waals surface area (Å²) in [4.78, 5) is 28.2. The molecule has 0 saturated heterocycles. The number of hydrogen-bond acceptors (Lipinski definition) is 8. The van der Waals surface area contributed by atoms with Crippen molar-refractivity contribution in [3.8, 4) is 22.5 Å². The van der Waals surface area contributed by atoms with E-state index in [1.807, 2.05) is 0 Å². The molecule has 10 heteroatoms. The van der Waals surface area contributed by atoms with Crippen LogP contribution in [0.2, 0.25) is 0 Å². The number of aromatic nitrogens is 3. The van der Waals surface area contributed by atoms with Crippen molar-refractivity contribution < 1.29 is 14.3 Å². The molecular formula is C30H34N4O3S3. The maximum atomic E-state index is 13.1. The number of benzene rings is 1.